The number of ketones is 1. The normalized spacial score (nSPS) is 11.0. The quantitative estimate of drug-likeness (QED) is 0.196. The van der Waals surface area contributed by atoms with Crippen LogP contribution >= 0.6 is 0 Å². The molecule has 0 radical (unpaired) electrons. The summed E-state index contributed by atoms with van der Waals surface area (Å²) in [5.74, 6) is -1.79. The minimum Gasteiger partial charge on any atom is -0.744 e. The van der Waals surface area contributed by atoms with Gasteiger partial charge in [0.2, 0.25) is 0 Å². The number of aromatic nitrogens is 3. The second-order valence-electron chi connectivity index (χ2n) is 8.52. The number of aliphatic carboxylic acids is 1. The number of rotatable bonds is 7. The number of phenolic OH excluding ortho intramolecular Hbond substituents is 2. The molecule has 0 atom stereocenters. The van der Waals surface area contributed by atoms with Crippen molar-refractivity contribution in [3.05, 3.63) is 108 Å². The third-order valence-electron chi connectivity index (χ3n) is 5.71. The molecule has 12 heteroatoms. The van der Waals surface area contributed by atoms with Crippen LogP contribution in [-0.4, -0.2) is 55.0 Å². The zero-order chi connectivity index (χ0) is 28.9. The highest BCUT2D eigenvalue weighted by atomic mass is 32.2. The Bertz CT molecular complexity index is 1770. The van der Waals surface area contributed by atoms with Crippen molar-refractivity contribution in [1.29, 1.82) is 0 Å². The number of aryl methyl sites for hydroxylation is 1. The van der Waals surface area contributed by atoms with Crippen molar-refractivity contribution < 1.29 is 37.9 Å². The molecule has 5 rings (SSSR count). The van der Waals surface area contributed by atoms with E-state index >= 15 is 0 Å². The minimum atomic E-state index is -4.65. The number of nitrogens with zero attached hydrogens (tertiary/aromatic N) is 3. The zero-order valence-electron chi connectivity index (χ0n) is 20.7. The summed E-state index contributed by atoms with van der Waals surface area (Å²) in [5.41, 5.74) is 3.01. The van der Waals surface area contributed by atoms with Gasteiger partial charge in [0.05, 0.1) is 10.5 Å². The maximum absolute atomic E-state index is 12.0. The fraction of sp³-hybridized carbons (Fsp3) is 0.0714. The van der Waals surface area contributed by atoms with Crippen LogP contribution in [-0.2, 0) is 21.3 Å². The molecule has 0 saturated heterocycles. The van der Waals surface area contributed by atoms with E-state index in [2.05, 4.69) is 10.2 Å². The predicted octanol–water partition coefficient (Wildman–Crippen LogP) is 3.67. The van der Waals surface area contributed by atoms with Gasteiger partial charge in [0.25, 0.3) is 0 Å². The van der Waals surface area contributed by atoms with Crippen LogP contribution in [0.1, 0.15) is 27.9 Å². The highest BCUT2D eigenvalue weighted by Gasteiger charge is 2.15. The van der Waals surface area contributed by atoms with E-state index in [0.717, 1.165) is 34.8 Å². The summed E-state index contributed by atoms with van der Waals surface area (Å²) in [6.07, 6.45) is 0.433. The third-order valence-corrected chi connectivity index (χ3v) is 6.54. The van der Waals surface area contributed by atoms with E-state index in [1.165, 1.54) is 10.9 Å². The number of benzene rings is 4. The molecule has 1 aromatic heterocycles. The van der Waals surface area contributed by atoms with E-state index < -0.39 is 32.5 Å². The molecule has 0 aliphatic carbocycles. The van der Waals surface area contributed by atoms with Crippen LogP contribution in [0.5, 0.6) is 11.5 Å². The molecule has 0 fully saturated rings. The summed E-state index contributed by atoms with van der Waals surface area (Å²) in [6.45, 7) is 0. The van der Waals surface area contributed by atoms with Crippen molar-refractivity contribution in [3.8, 4) is 17.2 Å². The van der Waals surface area contributed by atoms with Gasteiger partial charge in [-0.25, -0.2) is 8.42 Å². The lowest BCUT2D eigenvalue weighted by atomic mass is 10.0. The lowest BCUT2D eigenvalue weighted by Gasteiger charge is -2.09. The topological polar surface area (TPSA) is 183 Å². The molecule has 11 nitrogen and oxygen atoms in total. The minimum absolute atomic E-state index is 0.0404. The Balaban J connectivity index is 0.000000186. The second-order valence-corrected chi connectivity index (χ2v) is 9.90. The van der Waals surface area contributed by atoms with E-state index in [0.29, 0.717) is 17.7 Å². The fourth-order valence-corrected chi connectivity index (χ4v) is 4.20. The summed E-state index contributed by atoms with van der Waals surface area (Å²) in [4.78, 5) is 23.5. The molecule has 40 heavy (non-hydrogen) atoms. The number of fused-ring (bicyclic) bond motifs is 1. The Hall–Kier alpha value is -5.07. The van der Waals surface area contributed by atoms with Crippen LogP contribution in [0, 0.1) is 0 Å². The molecule has 0 aliphatic heterocycles. The van der Waals surface area contributed by atoms with Crippen LogP contribution < -0.4 is 0 Å². The summed E-state index contributed by atoms with van der Waals surface area (Å²) >= 11 is 0. The first-order chi connectivity index (χ1) is 19.0. The molecular formula is C28H22N3O8S-. The number of carboxylic acids is 1. The summed E-state index contributed by atoms with van der Waals surface area (Å²) in [5, 5.41) is 37.0. The van der Waals surface area contributed by atoms with Gasteiger partial charge in [-0.15, -0.1) is 15.0 Å². The predicted molar refractivity (Wildman–Crippen MR) is 142 cm³/mol. The Morgan fingerprint density at radius 2 is 1.43 bits per heavy atom. The van der Waals surface area contributed by atoms with Gasteiger partial charge < -0.3 is 19.9 Å². The van der Waals surface area contributed by atoms with Crippen LogP contribution in [0.3, 0.4) is 0 Å². The molecule has 0 aliphatic rings. The monoisotopic (exact) mass is 560 g/mol. The van der Waals surface area contributed by atoms with Crippen molar-refractivity contribution in [2.75, 3.05) is 0 Å². The standard InChI is InChI=1S/C15H13N3O3.C13H10O5S/c19-14-7-5-10(6-8-15(20)21)9-13(14)18-16-11-3-1-2-4-12(11)17-18;14-12-8-10(19(16,17)18)6-7-11(12)13(15)9-4-2-1-3-5-9/h1-5,7,9,19H,6,8H2,(H,20,21);1-8,14H,(H,16,17,18)/p-1. The maximum atomic E-state index is 12.0. The fourth-order valence-electron chi connectivity index (χ4n) is 3.71. The van der Waals surface area contributed by atoms with E-state index in [1.807, 2.05) is 24.3 Å². The average Bonchev–Trinajstić information content (AvgIpc) is 3.37. The number of phenols is 2. The van der Waals surface area contributed by atoms with E-state index in [-0.39, 0.29) is 17.7 Å². The number of carbonyl (C=O) groups is 2. The largest absolute Gasteiger partial charge is 0.744 e. The number of carboxylic acid groups (broad SMARTS) is 1. The van der Waals surface area contributed by atoms with Crippen LogP contribution in [0.4, 0.5) is 0 Å². The molecule has 0 amide bonds. The van der Waals surface area contributed by atoms with Gasteiger partial charge in [0.15, 0.2) is 5.78 Å². The number of aromatic hydroxyl groups is 2. The first kappa shape index (κ1) is 28.0. The smallest absolute Gasteiger partial charge is 0.303 e. The molecule has 5 aromatic rings. The van der Waals surface area contributed by atoms with Gasteiger partial charge in [-0.2, -0.15) is 0 Å². The maximum Gasteiger partial charge on any atom is 0.303 e. The Morgan fingerprint density at radius 3 is 2.00 bits per heavy atom. The molecule has 0 unspecified atom stereocenters. The van der Waals surface area contributed by atoms with Crippen molar-refractivity contribution in [2.45, 2.75) is 17.7 Å². The Kier molecular flexibility index (Phi) is 8.22. The third kappa shape index (κ3) is 6.67. The van der Waals surface area contributed by atoms with Crippen molar-refractivity contribution in [2.24, 2.45) is 0 Å². The average molecular weight is 561 g/mol. The van der Waals surface area contributed by atoms with Crippen LogP contribution in [0.15, 0.2) is 95.9 Å². The van der Waals surface area contributed by atoms with Gasteiger partial charge in [-0.1, -0.05) is 48.5 Å². The molecule has 4 aromatic carbocycles. The van der Waals surface area contributed by atoms with Crippen molar-refractivity contribution in [1.82, 2.24) is 15.0 Å². The molecule has 0 bridgehead atoms. The van der Waals surface area contributed by atoms with Crippen molar-refractivity contribution in [3.63, 3.8) is 0 Å². The van der Waals surface area contributed by atoms with Crippen molar-refractivity contribution >= 4 is 32.9 Å². The molecule has 0 spiro atoms. The second kappa shape index (κ2) is 11.8. The summed E-state index contributed by atoms with van der Waals surface area (Å²) < 4.78 is 32.4. The highest BCUT2D eigenvalue weighted by Crippen LogP contribution is 2.25. The molecule has 0 saturated carbocycles. The Morgan fingerprint density at radius 1 is 0.800 bits per heavy atom. The summed E-state index contributed by atoms with van der Waals surface area (Å²) in [6, 6.07) is 23.4. The first-order valence-corrected chi connectivity index (χ1v) is 13.2. The van der Waals surface area contributed by atoms with Gasteiger partial charge in [-0.05, 0) is 54.4 Å². The first-order valence-electron chi connectivity index (χ1n) is 11.8. The zero-order valence-corrected chi connectivity index (χ0v) is 21.5. The lowest BCUT2D eigenvalue weighted by Crippen LogP contribution is -2.04. The SMILES string of the molecule is O=C(O)CCc1ccc(O)c(-n2nc3ccccc3n2)c1.O=C(c1ccccc1)c1ccc(S(=O)(=O)[O-])cc1O. The van der Waals surface area contributed by atoms with Gasteiger partial charge in [0.1, 0.15) is 38.3 Å². The molecule has 3 N–H and O–H groups in total. The van der Waals surface area contributed by atoms with Crippen LogP contribution in [0.25, 0.3) is 16.7 Å². The lowest BCUT2D eigenvalue weighted by molar-refractivity contribution is -0.136. The van der Waals surface area contributed by atoms with Gasteiger partial charge in [-0.3, -0.25) is 9.59 Å². The van der Waals surface area contributed by atoms with E-state index in [4.69, 9.17) is 5.11 Å². The van der Waals surface area contributed by atoms with Gasteiger partial charge in [0, 0.05) is 12.0 Å². The molecular weight excluding hydrogens is 538 g/mol. The molecule has 1 heterocycles. The number of hydrogen-bond acceptors (Lipinski definition) is 9. The van der Waals surface area contributed by atoms with Crippen LogP contribution in [0.2, 0.25) is 0 Å². The number of hydrogen-bond donors (Lipinski definition) is 3. The molecule has 204 valence electrons. The Labute approximate surface area is 228 Å². The summed E-state index contributed by atoms with van der Waals surface area (Å²) in [7, 11) is -4.65. The van der Waals surface area contributed by atoms with E-state index in [1.54, 1.807) is 42.5 Å². The van der Waals surface area contributed by atoms with E-state index in [9.17, 15) is 32.8 Å². The highest BCUT2D eigenvalue weighted by molar-refractivity contribution is 7.85. The van der Waals surface area contributed by atoms with Gasteiger partial charge >= 0.3 is 5.97 Å². The number of carbonyl (C=O) groups excluding carboxylic acids is 1.